The number of aliphatic hydroxyl groups is 1. The Morgan fingerprint density at radius 2 is 1.81 bits per heavy atom. The van der Waals surface area contributed by atoms with Crippen molar-refractivity contribution < 1.29 is 19.4 Å². The first-order chi connectivity index (χ1) is 12.1. The number of hydrogen-bond donors (Lipinski definition) is 1. The van der Waals surface area contributed by atoms with Crippen LogP contribution in [-0.4, -0.2) is 35.0 Å². The minimum absolute atomic E-state index is 0.0468. The SMILES string of the molecule is CC1(C)O[C@@H]2C[C@@]3(C)C(=O)CC[C@H]3[C@H]3CC[C@H]4C[C@@H](O)C[C@@H](O1)[C@@]4(C)[C@H]32. The number of Topliss-reactive ketones (excluding diaryl/α,β-unsaturated/α-hetero) is 1. The van der Waals surface area contributed by atoms with Gasteiger partial charge in [-0.3, -0.25) is 4.79 Å². The highest BCUT2D eigenvalue weighted by Gasteiger charge is 2.68. The minimum atomic E-state index is -0.660. The second-order valence-corrected chi connectivity index (χ2v) is 10.8. The molecule has 0 spiro atoms. The van der Waals surface area contributed by atoms with Gasteiger partial charge in [0.15, 0.2) is 5.79 Å². The summed E-state index contributed by atoms with van der Waals surface area (Å²) in [4.78, 5) is 12.8. The quantitative estimate of drug-likeness (QED) is 0.714. The molecule has 5 rings (SSSR count). The maximum Gasteiger partial charge on any atom is 0.163 e. The van der Waals surface area contributed by atoms with E-state index in [4.69, 9.17) is 9.47 Å². The molecule has 1 heterocycles. The van der Waals surface area contributed by atoms with Crippen molar-refractivity contribution in [3.05, 3.63) is 0 Å². The van der Waals surface area contributed by atoms with Crippen LogP contribution in [-0.2, 0) is 14.3 Å². The first-order valence-corrected chi connectivity index (χ1v) is 10.7. The van der Waals surface area contributed by atoms with Gasteiger partial charge in [0.25, 0.3) is 0 Å². The average molecular weight is 363 g/mol. The molecule has 0 aromatic heterocycles. The summed E-state index contributed by atoms with van der Waals surface area (Å²) in [6, 6.07) is 0. The topological polar surface area (TPSA) is 55.8 Å². The summed E-state index contributed by atoms with van der Waals surface area (Å²) in [7, 11) is 0. The Balaban J connectivity index is 1.63. The van der Waals surface area contributed by atoms with Gasteiger partial charge >= 0.3 is 0 Å². The molecule has 0 amide bonds. The van der Waals surface area contributed by atoms with Crippen molar-refractivity contribution in [3.63, 3.8) is 0 Å². The highest BCUT2D eigenvalue weighted by molar-refractivity contribution is 5.87. The molecular formula is C22H34O4. The molecule has 1 N–H and O–H groups in total. The summed E-state index contributed by atoms with van der Waals surface area (Å²) in [6.45, 7) is 8.66. The third kappa shape index (κ3) is 2.15. The van der Waals surface area contributed by atoms with E-state index in [1.165, 1.54) is 6.42 Å². The summed E-state index contributed by atoms with van der Waals surface area (Å²) in [5, 5.41) is 10.5. The highest BCUT2D eigenvalue weighted by Crippen LogP contribution is 2.67. The first-order valence-electron chi connectivity index (χ1n) is 10.7. The maximum absolute atomic E-state index is 12.8. The van der Waals surface area contributed by atoms with Crippen LogP contribution in [0.25, 0.3) is 0 Å². The van der Waals surface area contributed by atoms with Gasteiger partial charge < -0.3 is 14.6 Å². The van der Waals surface area contributed by atoms with Crippen molar-refractivity contribution in [3.8, 4) is 0 Å². The molecule has 4 heteroatoms. The van der Waals surface area contributed by atoms with Crippen LogP contribution < -0.4 is 0 Å². The Bertz CT molecular complexity index is 630. The summed E-state index contributed by atoms with van der Waals surface area (Å²) >= 11 is 0. The normalized spacial score (nSPS) is 57.9. The van der Waals surface area contributed by atoms with E-state index in [0.717, 1.165) is 38.5 Å². The van der Waals surface area contributed by atoms with E-state index >= 15 is 0 Å². The molecule has 5 aliphatic rings. The molecule has 9 atom stereocenters. The standard InChI is InChI=1S/C22H34O4/c1-20(2)25-16-11-21(3)15(7-8-17(21)24)14-6-5-12-9-13(23)10-18(26-20)22(12,4)19(14)16/h12-16,18-19,23H,5-11H2,1-4H3/t12-,13+,14+,15-,16+,18+,19+,21+,22-/m0/s1. The van der Waals surface area contributed by atoms with Crippen LogP contribution in [0.15, 0.2) is 0 Å². The van der Waals surface area contributed by atoms with Gasteiger partial charge in [0, 0.05) is 23.7 Å². The number of fused-ring (bicyclic) bond motifs is 2. The van der Waals surface area contributed by atoms with E-state index < -0.39 is 5.79 Å². The van der Waals surface area contributed by atoms with Crippen LogP contribution in [0.3, 0.4) is 0 Å². The third-order valence-electron chi connectivity index (χ3n) is 9.19. The van der Waals surface area contributed by atoms with E-state index in [1.807, 2.05) is 13.8 Å². The zero-order valence-electron chi connectivity index (χ0n) is 16.7. The van der Waals surface area contributed by atoms with Crippen LogP contribution >= 0.6 is 0 Å². The summed E-state index contributed by atoms with van der Waals surface area (Å²) in [6.07, 6.45) is 6.48. The monoisotopic (exact) mass is 362 g/mol. The number of carbonyl (C=O) groups excluding carboxylic acids is 1. The van der Waals surface area contributed by atoms with Gasteiger partial charge in [-0.25, -0.2) is 0 Å². The van der Waals surface area contributed by atoms with Crippen molar-refractivity contribution in [2.45, 2.75) is 96.7 Å². The first kappa shape index (κ1) is 17.6. The number of hydrogen-bond acceptors (Lipinski definition) is 4. The van der Waals surface area contributed by atoms with Gasteiger partial charge in [0.2, 0.25) is 0 Å². The van der Waals surface area contributed by atoms with Gasteiger partial charge in [0.1, 0.15) is 5.78 Å². The fraction of sp³-hybridized carbons (Fsp3) is 0.955. The van der Waals surface area contributed by atoms with E-state index in [1.54, 1.807) is 0 Å². The van der Waals surface area contributed by atoms with Crippen molar-refractivity contribution in [1.82, 2.24) is 0 Å². The van der Waals surface area contributed by atoms with Gasteiger partial charge in [-0.1, -0.05) is 13.8 Å². The zero-order valence-corrected chi connectivity index (χ0v) is 16.7. The van der Waals surface area contributed by atoms with Crippen molar-refractivity contribution in [1.29, 1.82) is 0 Å². The van der Waals surface area contributed by atoms with E-state index in [9.17, 15) is 9.90 Å². The number of ether oxygens (including phenoxy) is 2. The smallest absolute Gasteiger partial charge is 0.163 e. The number of ketones is 1. The lowest BCUT2D eigenvalue weighted by Gasteiger charge is -2.62. The Morgan fingerprint density at radius 1 is 1.04 bits per heavy atom. The third-order valence-corrected chi connectivity index (χ3v) is 9.19. The fourth-order valence-corrected chi connectivity index (χ4v) is 8.14. The molecule has 0 aromatic carbocycles. The maximum atomic E-state index is 12.8. The van der Waals surface area contributed by atoms with Gasteiger partial charge in [-0.05, 0) is 69.6 Å². The van der Waals surface area contributed by atoms with Gasteiger partial charge in [0.05, 0.1) is 18.3 Å². The van der Waals surface area contributed by atoms with Crippen LogP contribution in [0.1, 0.15) is 72.6 Å². The van der Waals surface area contributed by atoms with Gasteiger partial charge in [-0.15, -0.1) is 0 Å². The van der Waals surface area contributed by atoms with Crippen LogP contribution in [0, 0.1) is 34.5 Å². The predicted molar refractivity (Wildman–Crippen MR) is 97.3 cm³/mol. The molecule has 0 radical (unpaired) electrons. The Labute approximate surface area is 157 Å². The molecular weight excluding hydrogens is 328 g/mol. The molecule has 4 saturated carbocycles. The second-order valence-electron chi connectivity index (χ2n) is 10.8. The summed E-state index contributed by atoms with van der Waals surface area (Å²) < 4.78 is 13.1. The lowest BCUT2D eigenvalue weighted by atomic mass is 9.43. The molecule has 146 valence electrons. The predicted octanol–water partition coefficient (Wildman–Crippen LogP) is 3.70. The molecule has 1 saturated heterocycles. The van der Waals surface area contributed by atoms with Gasteiger partial charge in [-0.2, -0.15) is 0 Å². The van der Waals surface area contributed by atoms with Crippen molar-refractivity contribution in [2.24, 2.45) is 34.5 Å². The van der Waals surface area contributed by atoms with Crippen LogP contribution in [0.4, 0.5) is 0 Å². The largest absolute Gasteiger partial charge is 0.393 e. The van der Waals surface area contributed by atoms with E-state index in [0.29, 0.717) is 29.5 Å². The molecule has 4 aliphatic carbocycles. The summed E-state index contributed by atoms with van der Waals surface area (Å²) in [5.41, 5.74) is -0.160. The average Bonchev–Trinajstić information content (AvgIpc) is 2.78. The fourth-order valence-electron chi connectivity index (χ4n) is 8.14. The zero-order chi connectivity index (χ0) is 18.5. The Morgan fingerprint density at radius 3 is 2.58 bits per heavy atom. The molecule has 26 heavy (non-hydrogen) atoms. The molecule has 4 nitrogen and oxygen atoms in total. The lowest BCUT2D eigenvalue weighted by molar-refractivity contribution is -0.261. The van der Waals surface area contributed by atoms with E-state index in [2.05, 4.69) is 13.8 Å². The minimum Gasteiger partial charge on any atom is -0.393 e. The number of carbonyl (C=O) groups is 1. The van der Waals surface area contributed by atoms with Crippen LogP contribution in [0.2, 0.25) is 0 Å². The molecule has 1 aliphatic heterocycles. The summed E-state index contributed by atoms with van der Waals surface area (Å²) in [5.74, 6) is 1.80. The second kappa shape index (κ2) is 5.33. The Hall–Kier alpha value is -0.450. The Kier molecular flexibility index (Phi) is 3.61. The van der Waals surface area contributed by atoms with E-state index in [-0.39, 0.29) is 29.1 Å². The molecule has 0 bridgehead atoms. The molecule has 0 aromatic rings. The lowest BCUT2D eigenvalue weighted by Crippen LogP contribution is -2.62. The van der Waals surface area contributed by atoms with Crippen molar-refractivity contribution >= 4 is 5.78 Å². The number of rotatable bonds is 0. The van der Waals surface area contributed by atoms with Crippen molar-refractivity contribution in [2.75, 3.05) is 0 Å². The van der Waals surface area contributed by atoms with Crippen LogP contribution in [0.5, 0.6) is 0 Å². The molecule has 0 unspecified atom stereocenters. The number of aliphatic hydroxyl groups excluding tert-OH is 1. The molecule has 5 fully saturated rings. The highest BCUT2D eigenvalue weighted by atomic mass is 16.7.